The topological polar surface area (TPSA) is 98.5 Å². The lowest BCUT2D eigenvalue weighted by atomic mass is 9.78. The number of nitrogens with zero attached hydrogens (tertiary/aromatic N) is 1. The van der Waals surface area contributed by atoms with Gasteiger partial charge in [0.15, 0.2) is 6.61 Å². The van der Waals surface area contributed by atoms with Gasteiger partial charge in [-0.15, -0.1) is 0 Å². The molecule has 0 radical (unpaired) electrons. The van der Waals surface area contributed by atoms with Crippen LogP contribution in [0.25, 0.3) is 0 Å². The molecule has 1 amide bonds. The number of amides is 1. The molecular formula is C17H21ClN2O5. The molecule has 1 aliphatic rings. The normalized spacial score (nSPS) is 22.9. The molecule has 8 heteroatoms. The van der Waals surface area contributed by atoms with Gasteiger partial charge >= 0.3 is 5.97 Å². The second-order valence-corrected chi connectivity index (χ2v) is 6.87. The first-order valence-corrected chi connectivity index (χ1v) is 8.57. The van der Waals surface area contributed by atoms with Crippen LogP contribution in [-0.4, -0.2) is 29.4 Å². The van der Waals surface area contributed by atoms with Gasteiger partial charge in [0, 0.05) is 17.1 Å². The number of carbonyl (C=O) groups is 2. The Balaban J connectivity index is 1.95. The molecule has 1 aliphatic carbocycles. The van der Waals surface area contributed by atoms with Crippen LogP contribution in [0, 0.1) is 22.0 Å². The second kappa shape index (κ2) is 8.29. The largest absolute Gasteiger partial charge is 0.452 e. The summed E-state index contributed by atoms with van der Waals surface area (Å²) in [5.74, 6) is -0.489. The number of rotatable bonds is 5. The maximum absolute atomic E-state index is 12.1. The minimum Gasteiger partial charge on any atom is -0.452 e. The van der Waals surface area contributed by atoms with Gasteiger partial charge in [-0.2, -0.15) is 0 Å². The van der Waals surface area contributed by atoms with Gasteiger partial charge in [0.25, 0.3) is 11.6 Å². The van der Waals surface area contributed by atoms with E-state index in [9.17, 15) is 19.7 Å². The van der Waals surface area contributed by atoms with E-state index < -0.39 is 29.1 Å². The van der Waals surface area contributed by atoms with Gasteiger partial charge in [-0.3, -0.25) is 14.9 Å². The fraction of sp³-hybridized carbons (Fsp3) is 0.529. The Kier molecular flexibility index (Phi) is 6.36. The molecule has 0 heterocycles. The summed E-state index contributed by atoms with van der Waals surface area (Å²) in [7, 11) is 0. The highest BCUT2D eigenvalue weighted by molar-refractivity contribution is 6.31. The Hall–Kier alpha value is -2.15. The van der Waals surface area contributed by atoms with Gasteiger partial charge in [-0.25, -0.2) is 4.79 Å². The van der Waals surface area contributed by atoms with Crippen LogP contribution in [0.1, 0.15) is 43.5 Å². The van der Waals surface area contributed by atoms with Crippen LogP contribution in [0.4, 0.5) is 5.69 Å². The summed E-state index contributed by atoms with van der Waals surface area (Å²) in [6.07, 6.45) is 3.08. The lowest BCUT2D eigenvalue weighted by molar-refractivity contribution is -0.385. The van der Waals surface area contributed by atoms with Crippen LogP contribution in [-0.2, 0) is 9.53 Å². The molecule has 1 aromatic carbocycles. The van der Waals surface area contributed by atoms with E-state index in [4.69, 9.17) is 16.3 Å². The number of benzene rings is 1. The standard InChI is InChI=1S/C17H21ClN2O5/c1-10-4-3-5-14(11(10)2)19-16(21)9-25-17(22)13-8-12(18)6-7-15(13)20(23)24/h6-8,10-11,14H,3-5,9H2,1-2H3,(H,19,21)/t10-,11+,14+/m0/s1. The van der Waals surface area contributed by atoms with E-state index in [-0.39, 0.29) is 16.6 Å². The lowest BCUT2D eigenvalue weighted by Crippen LogP contribution is -2.45. The first-order chi connectivity index (χ1) is 11.8. The third kappa shape index (κ3) is 4.92. The predicted molar refractivity (Wildman–Crippen MR) is 92.5 cm³/mol. The number of halogens is 1. The van der Waals surface area contributed by atoms with Gasteiger partial charge in [-0.05, 0) is 30.4 Å². The molecule has 2 rings (SSSR count). The van der Waals surface area contributed by atoms with Crippen LogP contribution < -0.4 is 5.32 Å². The van der Waals surface area contributed by atoms with Gasteiger partial charge in [0.2, 0.25) is 0 Å². The maximum Gasteiger partial charge on any atom is 0.345 e. The SMILES string of the molecule is C[C@@H]1[C@@H](C)CCC[C@H]1NC(=O)COC(=O)c1cc(Cl)ccc1[N+](=O)[O-]. The van der Waals surface area contributed by atoms with Crippen LogP contribution in [0.3, 0.4) is 0 Å². The highest BCUT2D eigenvalue weighted by Crippen LogP contribution is 2.29. The molecule has 0 spiro atoms. The summed E-state index contributed by atoms with van der Waals surface area (Å²) in [5.41, 5.74) is -0.686. The summed E-state index contributed by atoms with van der Waals surface area (Å²) < 4.78 is 4.93. The molecule has 0 unspecified atom stereocenters. The molecular weight excluding hydrogens is 348 g/mol. The van der Waals surface area contributed by atoms with Crippen molar-refractivity contribution < 1.29 is 19.2 Å². The number of esters is 1. The van der Waals surface area contributed by atoms with Crippen molar-refractivity contribution in [2.75, 3.05) is 6.61 Å². The van der Waals surface area contributed by atoms with Crippen molar-refractivity contribution in [1.82, 2.24) is 5.32 Å². The van der Waals surface area contributed by atoms with Gasteiger partial charge in [0.05, 0.1) is 4.92 Å². The Morgan fingerprint density at radius 3 is 2.76 bits per heavy atom. The first kappa shape index (κ1) is 19.2. The van der Waals surface area contributed by atoms with E-state index in [1.807, 2.05) is 0 Å². The number of nitrogens with one attached hydrogen (secondary N) is 1. The van der Waals surface area contributed by atoms with E-state index in [1.165, 1.54) is 6.07 Å². The quantitative estimate of drug-likeness (QED) is 0.488. The summed E-state index contributed by atoms with van der Waals surface area (Å²) in [4.78, 5) is 34.4. The smallest absolute Gasteiger partial charge is 0.345 e. The minimum atomic E-state index is -0.950. The van der Waals surface area contributed by atoms with Crippen LogP contribution in [0.2, 0.25) is 5.02 Å². The average molecular weight is 369 g/mol. The zero-order chi connectivity index (χ0) is 18.6. The molecule has 1 fully saturated rings. The van der Waals surface area contributed by atoms with E-state index in [2.05, 4.69) is 19.2 Å². The minimum absolute atomic E-state index is 0.0513. The summed E-state index contributed by atoms with van der Waals surface area (Å²) in [6, 6.07) is 3.65. The van der Waals surface area contributed by atoms with Crippen molar-refractivity contribution in [2.45, 2.75) is 39.2 Å². The summed E-state index contributed by atoms with van der Waals surface area (Å²) >= 11 is 5.78. The van der Waals surface area contributed by atoms with Crippen LogP contribution in [0.5, 0.6) is 0 Å². The number of hydrogen-bond donors (Lipinski definition) is 1. The zero-order valence-corrected chi connectivity index (χ0v) is 14.9. The van der Waals surface area contributed by atoms with Gasteiger partial charge in [0.1, 0.15) is 5.56 Å². The number of carbonyl (C=O) groups excluding carboxylic acids is 2. The molecule has 1 saturated carbocycles. The second-order valence-electron chi connectivity index (χ2n) is 6.44. The van der Waals surface area contributed by atoms with Gasteiger partial charge in [-0.1, -0.05) is 38.3 Å². The fourth-order valence-corrected chi connectivity index (χ4v) is 3.25. The third-order valence-electron chi connectivity index (χ3n) is 4.76. The highest BCUT2D eigenvalue weighted by Gasteiger charge is 2.28. The molecule has 0 saturated heterocycles. The molecule has 7 nitrogen and oxygen atoms in total. The molecule has 1 N–H and O–H groups in total. The average Bonchev–Trinajstić information content (AvgIpc) is 2.56. The summed E-state index contributed by atoms with van der Waals surface area (Å²) in [5, 5.41) is 14.0. The van der Waals surface area contributed by atoms with Crippen LogP contribution >= 0.6 is 11.6 Å². The Morgan fingerprint density at radius 2 is 2.08 bits per heavy atom. The molecule has 25 heavy (non-hydrogen) atoms. The van der Waals surface area contributed by atoms with Crippen molar-refractivity contribution in [2.24, 2.45) is 11.8 Å². The molecule has 0 bridgehead atoms. The number of nitro groups is 1. The van der Waals surface area contributed by atoms with E-state index in [0.29, 0.717) is 11.8 Å². The lowest BCUT2D eigenvalue weighted by Gasteiger charge is -2.34. The molecule has 0 aromatic heterocycles. The number of nitro benzene ring substituents is 1. The van der Waals surface area contributed by atoms with E-state index >= 15 is 0 Å². The highest BCUT2D eigenvalue weighted by atomic mass is 35.5. The monoisotopic (exact) mass is 368 g/mol. The molecule has 136 valence electrons. The van der Waals surface area contributed by atoms with Crippen LogP contribution in [0.15, 0.2) is 18.2 Å². The molecule has 0 aliphatic heterocycles. The Morgan fingerprint density at radius 1 is 1.36 bits per heavy atom. The first-order valence-electron chi connectivity index (χ1n) is 8.20. The fourth-order valence-electron chi connectivity index (χ4n) is 3.07. The van der Waals surface area contributed by atoms with Crippen molar-refractivity contribution in [3.63, 3.8) is 0 Å². The predicted octanol–water partition coefficient (Wildman–Crippen LogP) is 3.35. The zero-order valence-electron chi connectivity index (χ0n) is 14.2. The number of hydrogen-bond acceptors (Lipinski definition) is 5. The van der Waals surface area contributed by atoms with E-state index in [0.717, 1.165) is 31.4 Å². The van der Waals surface area contributed by atoms with Crippen molar-refractivity contribution in [3.8, 4) is 0 Å². The van der Waals surface area contributed by atoms with Crippen molar-refractivity contribution >= 4 is 29.2 Å². The Labute approximate surface area is 150 Å². The van der Waals surface area contributed by atoms with Gasteiger partial charge < -0.3 is 10.1 Å². The van der Waals surface area contributed by atoms with Crippen molar-refractivity contribution in [3.05, 3.63) is 38.9 Å². The Bertz CT molecular complexity index is 679. The number of ether oxygens (including phenoxy) is 1. The molecule has 1 aromatic rings. The third-order valence-corrected chi connectivity index (χ3v) is 5.00. The maximum atomic E-state index is 12.1. The molecule has 3 atom stereocenters. The van der Waals surface area contributed by atoms with E-state index in [1.54, 1.807) is 0 Å². The van der Waals surface area contributed by atoms with Crippen molar-refractivity contribution in [1.29, 1.82) is 0 Å². The summed E-state index contributed by atoms with van der Waals surface area (Å²) in [6.45, 7) is 3.76.